The predicted octanol–water partition coefficient (Wildman–Crippen LogP) is 2.35. The molecule has 3 atom stereocenters. The summed E-state index contributed by atoms with van der Waals surface area (Å²) in [7, 11) is 1.75. The van der Waals surface area contributed by atoms with E-state index in [0.29, 0.717) is 11.9 Å². The average molecular weight is 296 g/mol. The van der Waals surface area contributed by atoms with Gasteiger partial charge in [0.05, 0.1) is 0 Å². The molecule has 1 N–H and O–H groups in total. The minimum absolute atomic E-state index is 0.250. The number of ether oxygens (including phenoxy) is 1. The van der Waals surface area contributed by atoms with Gasteiger partial charge in [-0.3, -0.25) is 10.2 Å². The Bertz CT molecular complexity index is 715. The molecule has 5 nitrogen and oxygen atoms in total. The van der Waals surface area contributed by atoms with E-state index in [1.54, 1.807) is 7.05 Å². The molecule has 1 aromatic carbocycles. The molecule has 2 aliphatic heterocycles. The number of benzene rings is 1. The Morgan fingerprint density at radius 3 is 2.91 bits per heavy atom. The largest absolute Gasteiger partial charge is 0.460 e. The molecule has 2 bridgehead atoms. The third kappa shape index (κ3) is 2.52. The smallest absolute Gasteiger partial charge is 0.290 e. The number of nitrogens with one attached hydrogen (secondary N) is 1. The Morgan fingerprint density at radius 1 is 1.32 bits per heavy atom. The second-order valence-electron chi connectivity index (χ2n) is 6.04. The van der Waals surface area contributed by atoms with Crippen LogP contribution in [0.5, 0.6) is 0 Å². The van der Waals surface area contributed by atoms with Crippen LogP contribution < -0.4 is 5.32 Å². The molecule has 0 spiro atoms. The van der Waals surface area contributed by atoms with E-state index < -0.39 is 0 Å². The van der Waals surface area contributed by atoms with Crippen molar-refractivity contribution >= 4 is 22.6 Å². The van der Waals surface area contributed by atoms with E-state index in [4.69, 9.17) is 4.74 Å². The number of amidine groups is 1. The maximum atomic E-state index is 6.07. The average Bonchev–Trinajstić information content (AvgIpc) is 3.17. The van der Waals surface area contributed by atoms with Gasteiger partial charge in [0.15, 0.2) is 0 Å². The summed E-state index contributed by atoms with van der Waals surface area (Å²) in [5, 5.41) is 5.49. The molecule has 1 aromatic heterocycles. The third-order valence-electron chi connectivity index (χ3n) is 4.60. The maximum Gasteiger partial charge on any atom is 0.290 e. The van der Waals surface area contributed by atoms with Gasteiger partial charge in [-0.2, -0.15) is 0 Å². The summed E-state index contributed by atoms with van der Waals surface area (Å²) < 4.78 is 6.07. The minimum Gasteiger partial charge on any atom is -0.460 e. The standard InChI is InChI=1S/C17H20N4O/c1-18-17(22-15-11-21-7-6-14(15)10-21)20-16-8-12-4-2-3-5-13(12)9-19-16/h2-5,8-9,14-15H,6-7,10-11H2,1H3,(H,18,19,20). The Morgan fingerprint density at radius 2 is 2.18 bits per heavy atom. The Labute approximate surface area is 130 Å². The number of piperidine rings is 1. The first-order chi connectivity index (χ1) is 10.8. The lowest BCUT2D eigenvalue weighted by Crippen LogP contribution is -2.34. The van der Waals surface area contributed by atoms with E-state index in [0.717, 1.165) is 29.7 Å². The van der Waals surface area contributed by atoms with Crippen LogP contribution in [0.1, 0.15) is 6.42 Å². The lowest BCUT2D eigenvalue weighted by atomic mass is 10.0. The quantitative estimate of drug-likeness (QED) is 0.683. The van der Waals surface area contributed by atoms with Crippen LogP contribution in [0.15, 0.2) is 41.5 Å². The van der Waals surface area contributed by atoms with Crippen LogP contribution in [0.3, 0.4) is 0 Å². The molecule has 0 amide bonds. The van der Waals surface area contributed by atoms with E-state index in [-0.39, 0.29) is 6.10 Å². The Balaban J connectivity index is 1.47. The summed E-state index contributed by atoms with van der Waals surface area (Å²) in [5.74, 6) is 1.41. The van der Waals surface area contributed by atoms with E-state index in [1.807, 2.05) is 24.4 Å². The minimum atomic E-state index is 0.250. The summed E-state index contributed by atoms with van der Waals surface area (Å²) in [5.41, 5.74) is 0. The molecule has 2 fully saturated rings. The van der Waals surface area contributed by atoms with Gasteiger partial charge in [0.2, 0.25) is 0 Å². The van der Waals surface area contributed by atoms with Gasteiger partial charge in [0, 0.05) is 37.6 Å². The van der Waals surface area contributed by atoms with E-state index in [9.17, 15) is 0 Å². The molecule has 2 saturated heterocycles. The van der Waals surface area contributed by atoms with Gasteiger partial charge in [0.1, 0.15) is 11.9 Å². The van der Waals surface area contributed by atoms with E-state index in [2.05, 4.69) is 32.3 Å². The number of hydrogen-bond donors (Lipinski definition) is 1. The molecule has 2 aromatic rings. The number of hydrogen-bond acceptors (Lipinski definition) is 4. The van der Waals surface area contributed by atoms with Crippen LogP contribution in [0.4, 0.5) is 5.82 Å². The molecule has 3 unspecified atom stereocenters. The zero-order valence-corrected chi connectivity index (χ0v) is 12.7. The fraction of sp³-hybridized carbons (Fsp3) is 0.412. The van der Waals surface area contributed by atoms with Gasteiger partial charge in [-0.15, -0.1) is 0 Å². The highest BCUT2D eigenvalue weighted by atomic mass is 16.5. The highest BCUT2D eigenvalue weighted by Crippen LogP contribution is 2.30. The maximum absolute atomic E-state index is 6.07. The number of fused-ring (bicyclic) bond motifs is 3. The normalized spacial score (nSPS) is 27.3. The second-order valence-corrected chi connectivity index (χ2v) is 6.04. The van der Waals surface area contributed by atoms with E-state index in [1.165, 1.54) is 13.0 Å². The first-order valence-electron chi connectivity index (χ1n) is 7.79. The summed E-state index contributed by atoms with van der Waals surface area (Å²) in [6.07, 6.45) is 3.35. The molecule has 114 valence electrons. The van der Waals surface area contributed by atoms with Crippen LogP contribution in [-0.2, 0) is 4.74 Å². The first-order valence-corrected chi connectivity index (χ1v) is 7.79. The zero-order chi connectivity index (χ0) is 14.9. The number of nitrogens with zero attached hydrogens (tertiary/aromatic N) is 3. The lowest BCUT2D eigenvalue weighted by Gasteiger charge is -2.24. The molecule has 22 heavy (non-hydrogen) atoms. The van der Waals surface area contributed by atoms with Crippen molar-refractivity contribution in [3.8, 4) is 0 Å². The number of pyridine rings is 1. The Hall–Kier alpha value is -2.14. The van der Waals surface area contributed by atoms with Crippen molar-refractivity contribution < 1.29 is 4.74 Å². The fourth-order valence-electron chi connectivity index (χ4n) is 3.41. The van der Waals surface area contributed by atoms with Crippen molar-refractivity contribution in [1.29, 1.82) is 0 Å². The van der Waals surface area contributed by atoms with Gasteiger partial charge in [-0.1, -0.05) is 24.3 Å². The van der Waals surface area contributed by atoms with Crippen molar-refractivity contribution in [3.05, 3.63) is 36.5 Å². The Kier molecular flexibility index (Phi) is 3.42. The summed E-state index contributed by atoms with van der Waals surface area (Å²) >= 11 is 0. The first kappa shape index (κ1) is 13.5. The SMILES string of the molecule is CN=C(Nc1cc2ccccc2cn1)OC1CN2CCC1C2. The second kappa shape index (κ2) is 5.57. The van der Waals surface area contributed by atoms with Crippen LogP contribution >= 0.6 is 0 Å². The molecule has 2 aliphatic rings. The zero-order valence-electron chi connectivity index (χ0n) is 12.7. The molecule has 4 rings (SSSR count). The summed E-state index contributed by atoms with van der Waals surface area (Å²) in [6.45, 7) is 3.38. The monoisotopic (exact) mass is 296 g/mol. The van der Waals surface area contributed by atoms with Gasteiger partial charge >= 0.3 is 0 Å². The summed E-state index contributed by atoms with van der Waals surface area (Å²) in [6, 6.07) is 10.8. The molecule has 0 aliphatic carbocycles. The molecule has 5 heteroatoms. The highest BCUT2D eigenvalue weighted by Gasteiger charge is 2.39. The number of aliphatic imine (C=N–C) groups is 1. The van der Waals surface area contributed by atoms with Crippen LogP contribution in [0.2, 0.25) is 0 Å². The van der Waals surface area contributed by atoms with Crippen molar-refractivity contribution in [3.63, 3.8) is 0 Å². The molecule has 3 heterocycles. The molecule has 0 saturated carbocycles. The third-order valence-corrected chi connectivity index (χ3v) is 4.60. The topological polar surface area (TPSA) is 49.8 Å². The highest BCUT2D eigenvalue weighted by molar-refractivity contribution is 5.91. The lowest BCUT2D eigenvalue weighted by molar-refractivity contribution is 0.129. The molecule has 0 radical (unpaired) electrons. The number of rotatable bonds is 2. The van der Waals surface area contributed by atoms with Gasteiger partial charge in [-0.25, -0.2) is 9.98 Å². The molecular formula is C17H20N4O. The predicted molar refractivity (Wildman–Crippen MR) is 88.1 cm³/mol. The van der Waals surface area contributed by atoms with Crippen LogP contribution in [0, 0.1) is 5.92 Å². The van der Waals surface area contributed by atoms with Crippen molar-refractivity contribution in [1.82, 2.24) is 9.88 Å². The van der Waals surface area contributed by atoms with Gasteiger partial charge < -0.3 is 4.74 Å². The van der Waals surface area contributed by atoms with E-state index >= 15 is 0 Å². The molecular weight excluding hydrogens is 276 g/mol. The van der Waals surface area contributed by atoms with Crippen LogP contribution in [-0.4, -0.2) is 48.7 Å². The number of anilines is 1. The van der Waals surface area contributed by atoms with Crippen molar-refractivity contribution in [2.45, 2.75) is 12.5 Å². The number of aromatic nitrogens is 1. The van der Waals surface area contributed by atoms with Gasteiger partial charge in [-0.05, 0) is 24.4 Å². The fourth-order valence-corrected chi connectivity index (χ4v) is 3.41. The summed E-state index contributed by atoms with van der Waals surface area (Å²) in [4.78, 5) is 11.1. The van der Waals surface area contributed by atoms with Gasteiger partial charge in [0.25, 0.3) is 6.02 Å². The van der Waals surface area contributed by atoms with Crippen molar-refractivity contribution in [2.24, 2.45) is 10.9 Å². The van der Waals surface area contributed by atoms with Crippen molar-refractivity contribution in [2.75, 3.05) is 32.0 Å². The van der Waals surface area contributed by atoms with Crippen LogP contribution in [0.25, 0.3) is 10.8 Å².